The zero-order chi connectivity index (χ0) is 27.9. The van der Waals surface area contributed by atoms with E-state index in [1.807, 2.05) is 19.9 Å². The van der Waals surface area contributed by atoms with E-state index in [4.69, 9.17) is 49.2 Å². The van der Waals surface area contributed by atoms with Crippen LogP contribution in [-0.2, 0) is 12.0 Å². The molecular formula is C30H23Cl3N2O4. The number of carbonyl (C=O) groups is 1. The van der Waals surface area contributed by atoms with E-state index in [0.717, 1.165) is 11.1 Å². The lowest BCUT2D eigenvalue weighted by atomic mass is 9.91. The maximum absolute atomic E-state index is 11.2. The predicted molar refractivity (Wildman–Crippen MR) is 150 cm³/mol. The van der Waals surface area contributed by atoms with Crippen molar-refractivity contribution in [3.63, 3.8) is 0 Å². The summed E-state index contributed by atoms with van der Waals surface area (Å²) in [5.74, 6) is 0.164. The highest BCUT2D eigenvalue weighted by atomic mass is 35.5. The molecule has 0 spiro atoms. The number of carboxylic acids is 1. The molecule has 2 atom stereocenters. The number of carboxylic acid groups (broad SMARTS) is 1. The van der Waals surface area contributed by atoms with Gasteiger partial charge >= 0.3 is 5.97 Å². The molecule has 1 aromatic heterocycles. The maximum Gasteiger partial charge on any atom is 0.335 e. The minimum Gasteiger partial charge on any atom is -0.489 e. The van der Waals surface area contributed by atoms with Crippen molar-refractivity contribution in [2.45, 2.75) is 44.1 Å². The average molecular weight is 582 g/mol. The molecule has 1 aliphatic carbocycles. The Balaban J connectivity index is 1.39. The molecule has 39 heavy (non-hydrogen) atoms. The second-order valence-corrected chi connectivity index (χ2v) is 11.0. The number of aromatic carboxylic acids is 1. The van der Waals surface area contributed by atoms with Gasteiger partial charge in [0.25, 0.3) is 0 Å². The van der Waals surface area contributed by atoms with Crippen molar-refractivity contribution >= 4 is 40.8 Å². The molecule has 0 saturated heterocycles. The summed E-state index contributed by atoms with van der Waals surface area (Å²) in [6, 6.07) is 19.6. The van der Waals surface area contributed by atoms with Crippen LogP contribution < -0.4 is 4.74 Å². The Hall–Kier alpha value is -3.50. The lowest BCUT2D eigenvalue weighted by Crippen LogP contribution is -2.08. The third kappa shape index (κ3) is 4.98. The van der Waals surface area contributed by atoms with Crippen LogP contribution in [0.4, 0.5) is 0 Å². The zero-order valence-electron chi connectivity index (χ0n) is 21.0. The van der Waals surface area contributed by atoms with Crippen LogP contribution in [0.1, 0.15) is 64.9 Å². The molecule has 1 N–H and O–H groups in total. The molecule has 198 valence electrons. The SMILES string of the molecule is CC(C)c1onc(-c2c(Cl)cccc2Cl)c1COc1ccc(C2(C#N)CC2c2ccc(C(=O)O)cc2)c(Cl)c1. The van der Waals surface area contributed by atoms with Crippen molar-refractivity contribution in [3.8, 4) is 23.1 Å². The van der Waals surface area contributed by atoms with E-state index in [9.17, 15) is 10.1 Å². The van der Waals surface area contributed by atoms with Crippen LogP contribution in [0.3, 0.4) is 0 Å². The molecular weight excluding hydrogens is 559 g/mol. The summed E-state index contributed by atoms with van der Waals surface area (Å²) in [6.07, 6.45) is 0.593. The Kier molecular flexibility index (Phi) is 7.35. The molecule has 3 aromatic carbocycles. The van der Waals surface area contributed by atoms with Crippen LogP contribution >= 0.6 is 34.8 Å². The first-order valence-corrected chi connectivity index (χ1v) is 13.4. The van der Waals surface area contributed by atoms with E-state index in [1.165, 1.54) is 0 Å². The van der Waals surface area contributed by atoms with E-state index in [1.54, 1.807) is 54.6 Å². The first-order chi connectivity index (χ1) is 18.7. The van der Waals surface area contributed by atoms with E-state index >= 15 is 0 Å². The normalized spacial score (nSPS) is 18.1. The summed E-state index contributed by atoms with van der Waals surface area (Å²) in [5, 5.41) is 24.9. The van der Waals surface area contributed by atoms with Crippen molar-refractivity contribution in [1.29, 1.82) is 5.26 Å². The molecule has 1 saturated carbocycles. The Morgan fingerprint density at radius 2 is 1.82 bits per heavy atom. The van der Waals surface area contributed by atoms with Gasteiger partial charge in [0.2, 0.25) is 0 Å². The lowest BCUT2D eigenvalue weighted by molar-refractivity contribution is 0.0697. The van der Waals surface area contributed by atoms with Crippen molar-refractivity contribution in [3.05, 3.63) is 104 Å². The van der Waals surface area contributed by atoms with Gasteiger partial charge in [-0.25, -0.2) is 4.79 Å². The molecule has 0 radical (unpaired) electrons. The minimum atomic E-state index is -0.990. The van der Waals surface area contributed by atoms with E-state index in [0.29, 0.717) is 49.8 Å². The Morgan fingerprint density at radius 1 is 1.13 bits per heavy atom. The molecule has 5 rings (SSSR count). The van der Waals surface area contributed by atoms with Crippen LogP contribution in [-0.4, -0.2) is 16.2 Å². The fourth-order valence-corrected chi connectivity index (χ4v) is 5.86. The summed E-state index contributed by atoms with van der Waals surface area (Å²) >= 11 is 19.6. The molecule has 0 aliphatic heterocycles. The monoisotopic (exact) mass is 580 g/mol. The topological polar surface area (TPSA) is 96.4 Å². The smallest absolute Gasteiger partial charge is 0.335 e. The Morgan fingerprint density at radius 3 is 2.41 bits per heavy atom. The predicted octanol–water partition coefficient (Wildman–Crippen LogP) is 8.65. The molecule has 9 heteroatoms. The maximum atomic E-state index is 11.2. The number of nitrogens with zero attached hydrogens (tertiary/aromatic N) is 2. The van der Waals surface area contributed by atoms with Gasteiger partial charge in [-0.1, -0.05) is 78.1 Å². The third-order valence-corrected chi connectivity index (χ3v) is 8.01. The summed E-state index contributed by atoms with van der Waals surface area (Å²) in [7, 11) is 0. The fraction of sp³-hybridized carbons (Fsp3) is 0.233. The number of hydrogen-bond acceptors (Lipinski definition) is 5. The number of halogens is 3. The van der Waals surface area contributed by atoms with Crippen molar-refractivity contribution in [2.75, 3.05) is 0 Å². The zero-order valence-corrected chi connectivity index (χ0v) is 23.3. The van der Waals surface area contributed by atoms with Crippen LogP contribution in [0, 0.1) is 11.3 Å². The first kappa shape index (κ1) is 27.1. The number of benzene rings is 3. The van der Waals surface area contributed by atoms with Gasteiger partial charge in [-0.2, -0.15) is 5.26 Å². The third-order valence-electron chi connectivity index (χ3n) is 7.07. The summed E-state index contributed by atoms with van der Waals surface area (Å²) in [6.45, 7) is 4.14. The van der Waals surface area contributed by atoms with E-state index in [2.05, 4.69) is 11.2 Å². The number of aromatic nitrogens is 1. The number of ether oxygens (including phenoxy) is 1. The van der Waals surface area contributed by atoms with Gasteiger partial charge in [-0.05, 0) is 53.9 Å². The van der Waals surface area contributed by atoms with Gasteiger partial charge in [0.1, 0.15) is 23.8 Å². The molecule has 1 aliphatic rings. The second-order valence-electron chi connectivity index (χ2n) is 9.82. The van der Waals surface area contributed by atoms with Crippen LogP contribution in [0.15, 0.2) is 65.2 Å². The van der Waals surface area contributed by atoms with Gasteiger partial charge in [-0.15, -0.1) is 0 Å². The quantitative estimate of drug-likeness (QED) is 0.224. The molecule has 1 fully saturated rings. The lowest BCUT2D eigenvalue weighted by Gasteiger charge is -2.15. The average Bonchev–Trinajstić information content (AvgIpc) is 3.51. The van der Waals surface area contributed by atoms with Crippen LogP contribution in [0.25, 0.3) is 11.3 Å². The van der Waals surface area contributed by atoms with Gasteiger partial charge in [0.05, 0.1) is 32.7 Å². The first-order valence-electron chi connectivity index (χ1n) is 12.3. The standard InChI is InChI=1S/C30H23Cl3N2O4/c1-16(2)28-20(27(35-39-28)26-23(31)4-3-5-24(26)32)14-38-19-10-11-21(25(33)12-19)30(15-34)13-22(30)17-6-8-18(9-7-17)29(36)37/h3-12,16,22H,13-14H2,1-2H3,(H,36,37). The molecule has 0 bridgehead atoms. The van der Waals surface area contributed by atoms with Crippen molar-refractivity contribution < 1.29 is 19.2 Å². The fourth-order valence-electron chi connectivity index (χ4n) is 4.94. The number of hydrogen-bond donors (Lipinski definition) is 1. The Labute approximate surface area is 240 Å². The van der Waals surface area contributed by atoms with Crippen LogP contribution in [0.2, 0.25) is 15.1 Å². The van der Waals surface area contributed by atoms with Gasteiger partial charge < -0.3 is 14.4 Å². The van der Waals surface area contributed by atoms with Crippen molar-refractivity contribution in [2.24, 2.45) is 0 Å². The molecule has 2 unspecified atom stereocenters. The highest BCUT2D eigenvalue weighted by molar-refractivity contribution is 6.39. The highest BCUT2D eigenvalue weighted by Gasteiger charge is 2.57. The minimum absolute atomic E-state index is 0.0453. The Bertz CT molecular complexity index is 1590. The molecule has 6 nitrogen and oxygen atoms in total. The van der Waals surface area contributed by atoms with Gasteiger partial charge in [0, 0.05) is 22.4 Å². The highest BCUT2D eigenvalue weighted by Crippen LogP contribution is 2.61. The summed E-state index contributed by atoms with van der Waals surface area (Å²) in [5.41, 5.74) is 2.87. The summed E-state index contributed by atoms with van der Waals surface area (Å²) in [4.78, 5) is 11.2. The molecule has 4 aromatic rings. The molecule has 1 heterocycles. The number of nitriles is 1. The second kappa shape index (κ2) is 10.6. The molecule has 0 amide bonds. The van der Waals surface area contributed by atoms with E-state index in [-0.39, 0.29) is 24.0 Å². The van der Waals surface area contributed by atoms with Crippen LogP contribution in [0.5, 0.6) is 5.75 Å². The van der Waals surface area contributed by atoms with Gasteiger partial charge in [-0.3, -0.25) is 0 Å². The summed E-state index contributed by atoms with van der Waals surface area (Å²) < 4.78 is 11.8. The van der Waals surface area contributed by atoms with E-state index < -0.39 is 11.4 Å². The van der Waals surface area contributed by atoms with Gasteiger partial charge in [0.15, 0.2) is 0 Å². The van der Waals surface area contributed by atoms with Crippen molar-refractivity contribution in [1.82, 2.24) is 5.16 Å². The number of rotatable bonds is 8. The largest absolute Gasteiger partial charge is 0.489 e.